The molecule has 4 heterocycles. The maximum absolute atomic E-state index is 13.6. The van der Waals surface area contributed by atoms with Crippen molar-refractivity contribution in [1.82, 2.24) is 14.5 Å². The number of benzene rings is 1. The van der Waals surface area contributed by atoms with Gasteiger partial charge >= 0.3 is 5.97 Å². The molecule has 0 unspecified atom stereocenters. The number of ether oxygens (including phenoxy) is 2. The fraction of sp³-hybridized carbons (Fsp3) is 0.400. The van der Waals surface area contributed by atoms with Crippen LogP contribution in [0.4, 0.5) is 0 Å². The molecule has 178 valence electrons. The lowest BCUT2D eigenvalue weighted by Crippen LogP contribution is -2.44. The molecule has 2 N–H and O–H groups in total. The van der Waals surface area contributed by atoms with E-state index >= 15 is 0 Å². The Bertz CT molecular complexity index is 1360. The van der Waals surface area contributed by atoms with Crippen LogP contribution in [0, 0.1) is 0 Å². The summed E-state index contributed by atoms with van der Waals surface area (Å²) in [5.41, 5.74) is 1.74. The highest BCUT2D eigenvalue weighted by Crippen LogP contribution is 2.43. The highest BCUT2D eigenvalue weighted by molar-refractivity contribution is 5.87. The van der Waals surface area contributed by atoms with Gasteiger partial charge in [0.05, 0.1) is 35.7 Å². The number of carbonyl (C=O) groups excluding carboxylic acids is 1. The molecule has 0 radical (unpaired) electrons. The number of hydrogen-bond donors (Lipinski definition) is 2. The van der Waals surface area contributed by atoms with Crippen molar-refractivity contribution in [3.8, 4) is 11.4 Å². The molecule has 1 aromatic carbocycles. The van der Waals surface area contributed by atoms with Gasteiger partial charge in [0, 0.05) is 23.1 Å². The van der Waals surface area contributed by atoms with Crippen molar-refractivity contribution < 1.29 is 24.5 Å². The SMILES string of the molecule is CC[C@@]1(O)C(=O)OCc2c1cc1n(c2=O)[C@@H](OCCO)c2cc3cc(CN(C)C)ccc3nc2-1. The van der Waals surface area contributed by atoms with Crippen LogP contribution in [0.3, 0.4) is 0 Å². The van der Waals surface area contributed by atoms with Gasteiger partial charge in [-0.1, -0.05) is 13.0 Å². The van der Waals surface area contributed by atoms with Gasteiger partial charge in [-0.05, 0) is 50.3 Å². The predicted molar refractivity (Wildman–Crippen MR) is 124 cm³/mol. The number of pyridine rings is 2. The van der Waals surface area contributed by atoms with E-state index in [9.17, 15) is 19.8 Å². The Balaban J connectivity index is 1.75. The Kier molecular flexibility index (Phi) is 5.52. The summed E-state index contributed by atoms with van der Waals surface area (Å²) in [4.78, 5) is 32.9. The maximum atomic E-state index is 13.6. The van der Waals surface area contributed by atoms with Gasteiger partial charge < -0.3 is 24.6 Å². The van der Waals surface area contributed by atoms with E-state index in [1.54, 1.807) is 13.0 Å². The van der Waals surface area contributed by atoms with E-state index < -0.39 is 23.4 Å². The molecule has 0 bridgehead atoms. The molecule has 5 rings (SSSR count). The van der Waals surface area contributed by atoms with Gasteiger partial charge in [-0.3, -0.25) is 9.36 Å². The molecule has 34 heavy (non-hydrogen) atoms. The van der Waals surface area contributed by atoms with E-state index in [1.165, 1.54) is 4.57 Å². The number of aliphatic hydroxyl groups excluding tert-OH is 1. The van der Waals surface area contributed by atoms with Crippen LogP contribution >= 0.6 is 0 Å². The number of rotatable bonds is 6. The molecule has 9 heteroatoms. The molecule has 9 nitrogen and oxygen atoms in total. The first-order valence-electron chi connectivity index (χ1n) is 11.3. The van der Waals surface area contributed by atoms with Gasteiger partial charge in [0.15, 0.2) is 11.8 Å². The molecule has 2 aromatic heterocycles. The lowest BCUT2D eigenvalue weighted by molar-refractivity contribution is -0.172. The molecular formula is C25H27N3O6. The molecule has 0 saturated heterocycles. The minimum absolute atomic E-state index is 0.0274. The average Bonchev–Trinajstić information content (AvgIpc) is 3.11. The number of esters is 1. The van der Waals surface area contributed by atoms with Gasteiger partial charge in [-0.25, -0.2) is 9.78 Å². The molecule has 2 atom stereocenters. The number of aliphatic hydroxyl groups is 2. The zero-order valence-electron chi connectivity index (χ0n) is 19.4. The summed E-state index contributed by atoms with van der Waals surface area (Å²) < 4.78 is 12.5. The summed E-state index contributed by atoms with van der Waals surface area (Å²) in [6.45, 7) is 2.04. The van der Waals surface area contributed by atoms with Crippen LogP contribution < -0.4 is 5.56 Å². The van der Waals surface area contributed by atoms with Crippen molar-refractivity contribution >= 4 is 16.9 Å². The standard InChI is InChI=1S/C25H27N3O6/c1-4-25(32)18-11-20-21-16(10-15-9-14(12-27(2)3)5-6-19(15)26-21)23(33-8-7-29)28(20)22(30)17(18)13-34-24(25)31/h5-6,9-11,23,29,32H,4,7-8,12-13H2,1-3H3/t23-,25-/m0/s1. The van der Waals surface area contributed by atoms with Crippen LogP contribution in [-0.2, 0) is 33.0 Å². The average molecular weight is 466 g/mol. The van der Waals surface area contributed by atoms with Crippen LogP contribution in [-0.4, -0.2) is 57.9 Å². The van der Waals surface area contributed by atoms with Crippen LogP contribution in [0.5, 0.6) is 0 Å². The monoisotopic (exact) mass is 465 g/mol. The number of aromatic nitrogens is 2. The second kappa shape index (κ2) is 8.28. The number of cyclic esters (lactones) is 1. The molecule has 0 saturated carbocycles. The molecule has 2 aliphatic heterocycles. The molecule has 0 aliphatic carbocycles. The van der Waals surface area contributed by atoms with Gasteiger partial charge in [-0.2, -0.15) is 0 Å². The Morgan fingerprint density at radius 3 is 2.76 bits per heavy atom. The van der Waals surface area contributed by atoms with E-state index in [4.69, 9.17) is 14.5 Å². The maximum Gasteiger partial charge on any atom is 0.343 e. The normalized spacial score (nSPS) is 20.9. The zero-order valence-corrected chi connectivity index (χ0v) is 19.4. The smallest absolute Gasteiger partial charge is 0.343 e. The Labute approximate surface area is 196 Å². The summed E-state index contributed by atoms with van der Waals surface area (Å²) in [6.07, 6.45) is -0.726. The van der Waals surface area contributed by atoms with E-state index in [0.717, 1.165) is 23.0 Å². The molecular weight excluding hydrogens is 438 g/mol. The summed E-state index contributed by atoms with van der Waals surface area (Å²) in [5.74, 6) is -0.766. The van der Waals surface area contributed by atoms with E-state index in [1.807, 2.05) is 32.3 Å². The first-order valence-corrected chi connectivity index (χ1v) is 11.3. The van der Waals surface area contributed by atoms with Crippen molar-refractivity contribution in [2.75, 3.05) is 27.3 Å². The number of nitrogens with zero attached hydrogens (tertiary/aromatic N) is 3. The highest BCUT2D eigenvalue weighted by atomic mass is 16.6. The Hall–Kier alpha value is -3.11. The zero-order chi connectivity index (χ0) is 24.2. The van der Waals surface area contributed by atoms with Gasteiger partial charge in [0.2, 0.25) is 0 Å². The van der Waals surface area contributed by atoms with Gasteiger partial charge in [-0.15, -0.1) is 0 Å². The van der Waals surface area contributed by atoms with Crippen molar-refractivity contribution in [3.63, 3.8) is 0 Å². The third-order valence-electron chi connectivity index (χ3n) is 6.50. The largest absolute Gasteiger partial charge is 0.458 e. The van der Waals surface area contributed by atoms with Crippen LogP contribution in [0.15, 0.2) is 35.1 Å². The first kappa shape index (κ1) is 22.7. The quantitative estimate of drug-likeness (QED) is 0.529. The molecule has 3 aromatic rings. The second-order valence-electron chi connectivity index (χ2n) is 9.02. The molecule has 0 amide bonds. The van der Waals surface area contributed by atoms with E-state index in [2.05, 4.69) is 11.0 Å². The fourth-order valence-corrected chi connectivity index (χ4v) is 4.86. The van der Waals surface area contributed by atoms with Crippen molar-refractivity contribution in [1.29, 1.82) is 0 Å². The van der Waals surface area contributed by atoms with Crippen molar-refractivity contribution in [2.24, 2.45) is 0 Å². The summed E-state index contributed by atoms with van der Waals surface area (Å²) in [7, 11) is 4.00. The Morgan fingerprint density at radius 2 is 2.06 bits per heavy atom. The third-order valence-corrected chi connectivity index (χ3v) is 6.50. The van der Waals surface area contributed by atoms with Gasteiger partial charge in [0.25, 0.3) is 5.56 Å². The lowest BCUT2D eigenvalue weighted by atomic mass is 9.86. The summed E-state index contributed by atoms with van der Waals surface area (Å²) >= 11 is 0. The fourth-order valence-electron chi connectivity index (χ4n) is 4.86. The topological polar surface area (TPSA) is 114 Å². The number of carbonyl (C=O) groups is 1. The van der Waals surface area contributed by atoms with Crippen LogP contribution in [0.2, 0.25) is 0 Å². The minimum atomic E-state index is -1.90. The minimum Gasteiger partial charge on any atom is -0.458 e. The third kappa shape index (κ3) is 3.35. The molecule has 0 spiro atoms. The number of fused-ring (bicyclic) bond motifs is 5. The second-order valence-corrected chi connectivity index (χ2v) is 9.02. The van der Waals surface area contributed by atoms with Crippen molar-refractivity contribution in [2.45, 2.75) is 38.3 Å². The summed E-state index contributed by atoms with van der Waals surface area (Å²) in [6, 6.07) is 9.63. The highest BCUT2D eigenvalue weighted by Gasteiger charge is 2.46. The predicted octanol–water partition coefficient (Wildman–Crippen LogP) is 1.65. The molecule has 0 fully saturated rings. The van der Waals surface area contributed by atoms with Crippen LogP contribution in [0.25, 0.3) is 22.3 Å². The lowest BCUT2D eigenvalue weighted by Gasteiger charge is -2.32. The first-order chi connectivity index (χ1) is 16.3. The Morgan fingerprint density at radius 1 is 1.26 bits per heavy atom. The van der Waals surface area contributed by atoms with E-state index in [0.29, 0.717) is 17.0 Å². The van der Waals surface area contributed by atoms with E-state index in [-0.39, 0.29) is 37.4 Å². The van der Waals surface area contributed by atoms with Crippen molar-refractivity contribution in [3.05, 3.63) is 62.9 Å². The summed E-state index contributed by atoms with van der Waals surface area (Å²) in [5, 5.41) is 21.4. The number of hydrogen-bond acceptors (Lipinski definition) is 8. The van der Waals surface area contributed by atoms with Gasteiger partial charge in [0.1, 0.15) is 6.61 Å². The van der Waals surface area contributed by atoms with Crippen LogP contribution in [0.1, 0.15) is 41.8 Å². The molecule has 2 aliphatic rings.